The fraction of sp³-hybridized carbons (Fsp3) is 0.231. The van der Waals surface area contributed by atoms with Crippen LogP contribution in [0.2, 0.25) is 0 Å². The van der Waals surface area contributed by atoms with Crippen molar-refractivity contribution in [2.75, 3.05) is 7.11 Å². The van der Waals surface area contributed by atoms with Crippen LogP contribution in [0.1, 0.15) is 5.69 Å². The zero-order valence-electron chi connectivity index (χ0n) is 10.6. The van der Waals surface area contributed by atoms with E-state index in [2.05, 4.69) is 20.9 Å². The highest BCUT2D eigenvalue weighted by atomic mass is 79.9. The molecule has 0 unspecified atom stereocenters. The van der Waals surface area contributed by atoms with Crippen LogP contribution in [-0.4, -0.2) is 27.7 Å². The molecular formula is C13H13BrN2O3. The first-order valence-electron chi connectivity index (χ1n) is 5.60. The highest BCUT2D eigenvalue weighted by Crippen LogP contribution is 2.26. The summed E-state index contributed by atoms with van der Waals surface area (Å²) in [6.07, 6.45) is -0.107. The fourth-order valence-corrected chi connectivity index (χ4v) is 2.19. The Morgan fingerprint density at radius 3 is 2.58 bits per heavy atom. The number of rotatable bonds is 4. The number of hydrogen-bond donors (Lipinski definition) is 1. The Morgan fingerprint density at radius 2 is 2.05 bits per heavy atom. The van der Waals surface area contributed by atoms with E-state index in [1.54, 1.807) is 7.11 Å². The SMILES string of the molecule is COc1ccc(-c2nc(CC(=O)O)c(Br)n2C)cc1. The topological polar surface area (TPSA) is 64.3 Å². The summed E-state index contributed by atoms with van der Waals surface area (Å²) in [5.41, 5.74) is 1.42. The molecule has 0 saturated heterocycles. The third-order valence-electron chi connectivity index (χ3n) is 2.76. The number of ether oxygens (including phenoxy) is 1. The number of carbonyl (C=O) groups is 1. The predicted molar refractivity (Wildman–Crippen MR) is 74.2 cm³/mol. The van der Waals surface area contributed by atoms with Crippen molar-refractivity contribution in [3.05, 3.63) is 34.6 Å². The molecule has 1 heterocycles. The van der Waals surface area contributed by atoms with Crippen molar-refractivity contribution < 1.29 is 14.6 Å². The van der Waals surface area contributed by atoms with E-state index in [1.807, 2.05) is 35.9 Å². The van der Waals surface area contributed by atoms with Crippen molar-refractivity contribution in [1.29, 1.82) is 0 Å². The number of benzene rings is 1. The van der Waals surface area contributed by atoms with Gasteiger partial charge in [0.2, 0.25) is 0 Å². The van der Waals surface area contributed by atoms with Crippen LogP contribution < -0.4 is 4.74 Å². The van der Waals surface area contributed by atoms with Crippen LogP contribution in [0, 0.1) is 0 Å². The maximum absolute atomic E-state index is 10.8. The van der Waals surface area contributed by atoms with Crippen LogP contribution in [0.15, 0.2) is 28.9 Å². The molecule has 100 valence electrons. The minimum Gasteiger partial charge on any atom is -0.497 e. The molecule has 5 nitrogen and oxygen atoms in total. The van der Waals surface area contributed by atoms with E-state index in [1.165, 1.54) is 0 Å². The van der Waals surface area contributed by atoms with Gasteiger partial charge in [-0.05, 0) is 40.2 Å². The first-order chi connectivity index (χ1) is 9.02. The second kappa shape index (κ2) is 5.44. The summed E-state index contributed by atoms with van der Waals surface area (Å²) in [6, 6.07) is 7.46. The lowest BCUT2D eigenvalue weighted by atomic mass is 10.2. The second-order valence-electron chi connectivity index (χ2n) is 4.03. The minimum atomic E-state index is -0.903. The van der Waals surface area contributed by atoms with E-state index in [-0.39, 0.29) is 6.42 Å². The zero-order valence-corrected chi connectivity index (χ0v) is 12.1. The summed E-state index contributed by atoms with van der Waals surface area (Å²) in [5.74, 6) is 0.577. The summed E-state index contributed by atoms with van der Waals surface area (Å²) in [6.45, 7) is 0. The van der Waals surface area contributed by atoms with E-state index in [0.29, 0.717) is 16.1 Å². The van der Waals surface area contributed by atoms with Gasteiger partial charge in [-0.1, -0.05) is 0 Å². The molecule has 2 aromatic rings. The Balaban J connectivity index is 2.41. The summed E-state index contributed by atoms with van der Waals surface area (Å²) in [7, 11) is 3.44. The Labute approximate surface area is 119 Å². The highest BCUT2D eigenvalue weighted by Gasteiger charge is 2.16. The van der Waals surface area contributed by atoms with Gasteiger partial charge in [0.25, 0.3) is 0 Å². The van der Waals surface area contributed by atoms with Crippen molar-refractivity contribution >= 4 is 21.9 Å². The number of halogens is 1. The summed E-state index contributed by atoms with van der Waals surface area (Å²) < 4.78 is 7.60. The maximum atomic E-state index is 10.8. The monoisotopic (exact) mass is 324 g/mol. The summed E-state index contributed by atoms with van der Waals surface area (Å²) in [4.78, 5) is 15.1. The van der Waals surface area contributed by atoms with Crippen molar-refractivity contribution in [3.63, 3.8) is 0 Å². The van der Waals surface area contributed by atoms with Gasteiger partial charge in [0.05, 0.1) is 19.2 Å². The van der Waals surface area contributed by atoms with Crippen molar-refractivity contribution in [1.82, 2.24) is 9.55 Å². The van der Waals surface area contributed by atoms with Gasteiger partial charge in [0.15, 0.2) is 0 Å². The first-order valence-corrected chi connectivity index (χ1v) is 6.39. The molecule has 0 fully saturated rings. The lowest BCUT2D eigenvalue weighted by molar-refractivity contribution is -0.136. The summed E-state index contributed by atoms with van der Waals surface area (Å²) >= 11 is 3.37. The molecule has 0 saturated carbocycles. The van der Waals surface area contributed by atoms with Gasteiger partial charge >= 0.3 is 5.97 Å². The van der Waals surface area contributed by atoms with Crippen LogP contribution in [-0.2, 0) is 18.3 Å². The number of imidazole rings is 1. The molecule has 0 aliphatic carbocycles. The third kappa shape index (κ3) is 2.78. The van der Waals surface area contributed by atoms with Crippen LogP contribution in [0.4, 0.5) is 0 Å². The van der Waals surface area contributed by atoms with Gasteiger partial charge in [0.1, 0.15) is 16.2 Å². The van der Waals surface area contributed by atoms with Crippen molar-refractivity contribution in [3.8, 4) is 17.1 Å². The Bertz CT molecular complexity index is 605. The van der Waals surface area contributed by atoms with E-state index in [4.69, 9.17) is 9.84 Å². The predicted octanol–water partition coefficient (Wildman–Crippen LogP) is 2.49. The van der Waals surface area contributed by atoms with E-state index in [0.717, 1.165) is 11.3 Å². The van der Waals surface area contributed by atoms with Crippen molar-refractivity contribution in [2.45, 2.75) is 6.42 Å². The lowest BCUT2D eigenvalue weighted by Gasteiger charge is -2.04. The summed E-state index contributed by atoms with van der Waals surface area (Å²) in [5, 5.41) is 8.84. The Morgan fingerprint density at radius 1 is 1.42 bits per heavy atom. The zero-order chi connectivity index (χ0) is 14.0. The molecule has 6 heteroatoms. The molecule has 1 aromatic carbocycles. The second-order valence-corrected chi connectivity index (χ2v) is 4.78. The number of carboxylic acids is 1. The first kappa shape index (κ1) is 13.6. The van der Waals surface area contributed by atoms with Crippen molar-refractivity contribution in [2.24, 2.45) is 7.05 Å². The molecule has 1 N–H and O–H groups in total. The fourth-order valence-electron chi connectivity index (χ4n) is 1.79. The average molecular weight is 325 g/mol. The molecular weight excluding hydrogens is 312 g/mol. The van der Waals surface area contributed by atoms with Crippen LogP contribution in [0.25, 0.3) is 11.4 Å². The molecule has 0 aliphatic heterocycles. The van der Waals surface area contributed by atoms with Gasteiger partial charge in [-0.25, -0.2) is 4.98 Å². The van der Waals surface area contributed by atoms with Gasteiger partial charge in [-0.3, -0.25) is 4.79 Å². The molecule has 0 radical (unpaired) electrons. The van der Waals surface area contributed by atoms with E-state index >= 15 is 0 Å². The molecule has 0 amide bonds. The average Bonchev–Trinajstić information content (AvgIpc) is 2.67. The number of aliphatic carboxylic acids is 1. The van der Waals surface area contributed by atoms with Gasteiger partial charge in [-0.2, -0.15) is 0 Å². The van der Waals surface area contributed by atoms with Crippen LogP contribution >= 0.6 is 15.9 Å². The van der Waals surface area contributed by atoms with E-state index < -0.39 is 5.97 Å². The largest absolute Gasteiger partial charge is 0.497 e. The third-order valence-corrected chi connectivity index (χ3v) is 3.75. The Kier molecular flexibility index (Phi) is 3.90. The molecule has 0 atom stereocenters. The van der Waals surface area contributed by atoms with Gasteiger partial charge in [0, 0.05) is 12.6 Å². The smallest absolute Gasteiger partial charge is 0.309 e. The molecule has 19 heavy (non-hydrogen) atoms. The van der Waals surface area contributed by atoms with Gasteiger partial charge < -0.3 is 14.4 Å². The van der Waals surface area contributed by atoms with Gasteiger partial charge in [-0.15, -0.1) is 0 Å². The quantitative estimate of drug-likeness (QED) is 0.938. The molecule has 1 aromatic heterocycles. The number of nitrogens with zero attached hydrogens (tertiary/aromatic N) is 2. The normalized spacial score (nSPS) is 10.5. The number of aromatic nitrogens is 2. The minimum absolute atomic E-state index is 0.107. The molecule has 0 spiro atoms. The molecule has 0 bridgehead atoms. The highest BCUT2D eigenvalue weighted by molar-refractivity contribution is 9.10. The number of carboxylic acid groups (broad SMARTS) is 1. The van der Waals surface area contributed by atoms with E-state index in [9.17, 15) is 4.79 Å². The standard InChI is InChI=1S/C13H13BrN2O3/c1-16-12(14)10(7-11(17)18)15-13(16)8-3-5-9(19-2)6-4-8/h3-6H,7H2,1-2H3,(H,17,18). The maximum Gasteiger partial charge on any atom is 0.309 e. The number of methoxy groups -OCH3 is 1. The molecule has 2 rings (SSSR count). The number of hydrogen-bond acceptors (Lipinski definition) is 3. The molecule has 0 aliphatic rings. The Hall–Kier alpha value is -1.82. The van der Waals surface area contributed by atoms with Crippen LogP contribution in [0.3, 0.4) is 0 Å². The van der Waals surface area contributed by atoms with Crippen LogP contribution in [0.5, 0.6) is 5.75 Å². The lowest BCUT2D eigenvalue weighted by Crippen LogP contribution is -2.01.